The molecule has 0 aromatic heterocycles. The predicted molar refractivity (Wildman–Crippen MR) is 87.7 cm³/mol. The molecule has 0 radical (unpaired) electrons. The number of nitrogen functional groups attached to an aromatic ring is 1. The summed E-state index contributed by atoms with van der Waals surface area (Å²) in [7, 11) is 0. The van der Waals surface area contributed by atoms with Crippen LogP contribution in [0.2, 0.25) is 5.02 Å². The fraction of sp³-hybridized carbons (Fsp3) is 0.235. The first-order valence-electron chi connectivity index (χ1n) is 6.93. The maximum Gasteiger partial charge on any atom is 0.138 e. The summed E-state index contributed by atoms with van der Waals surface area (Å²) in [6, 6.07) is 13.1. The third kappa shape index (κ3) is 3.76. The van der Waals surface area contributed by atoms with Crippen molar-refractivity contribution in [1.29, 1.82) is 5.41 Å². The molecule has 2 aromatic rings. The van der Waals surface area contributed by atoms with Crippen LogP contribution in [0, 0.1) is 5.41 Å². The second-order valence-corrected chi connectivity index (χ2v) is 5.47. The van der Waals surface area contributed by atoms with Gasteiger partial charge in [-0.25, -0.2) is 0 Å². The number of hydrogen-bond donors (Lipinski definition) is 2. The highest BCUT2D eigenvalue weighted by Gasteiger charge is 2.09. The van der Waals surface area contributed by atoms with Gasteiger partial charge in [0.25, 0.3) is 0 Å². The normalized spacial score (nSPS) is 12.0. The SMILES string of the molecule is CCC(C)c1ccc(Oc2ccc(Cl)cc2C(=N)N)cc1. The molecule has 1 unspecified atom stereocenters. The van der Waals surface area contributed by atoms with Crippen molar-refractivity contribution in [3.05, 3.63) is 58.6 Å². The van der Waals surface area contributed by atoms with Gasteiger partial charge in [0.15, 0.2) is 0 Å². The van der Waals surface area contributed by atoms with Crippen LogP contribution >= 0.6 is 11.6 Å². The van der Waals surface area contributed by atoms with E-state index < -0.39 is 0 Å². The number of halogens is 1. The number of hydrogen-bond acceptors (Lipinski definition) is 2. The van der Waals surface area contributed by atoms with Crippen LogP contribution in [0.3, 0.4) is 0 Å². The van der Waals surface area contributed by atoms with Gasteiger partial charge >= 0.3 is 0 Å². The average Bonchev–Trinajstić information content (AvgIpc) is 2.49. The number of benzene rings is 2. The van der Waals surface area contributed by atoms with Gasteiger partial charge in [0.1, 0.15) is 17.3 Å². The van der Waals surface area contributed by atoms with E-state index in [0.717, 1.165) is 6.42 Å². The maximum absolute atomic E-state index is 7.59. The Balaban J connectivity index is 2.24. The molecule has 0 bridgehead atoms. The lowest BCUT2D eigenvalue weighted by Crippen LogP contribution is -2.12. The van der Waals surface area contributed by atoms with Crippen molar-refractivity contribution in [2.45, 2.75) is 26.2 Å². The van der Waals surface area contributed by atoms with E-state index in [-0.39, 0.29) is 5.84 Å². The van der Waals surface area contributed by atoms with Crippen LogP contribution < -0.4 is 10.5 Å². The van der Waals surface area contributed by atoms with Crippen LogP contribution in [0.25, 0.3) is 0 Å². The Labute approximate surface area is 130 Å². The summed E-state index contributed by atoms with van der Waals surface area (Å²) in [5.74, 6) is 1.71. The zero-order valence-corrected chi connectivity index (χ0v) is 12.9. The van der Waals surface area contributed by atoms with Crippen LogP contribution in [0.4, 0.5) is 0 Å². The average molecular weight is 303 g/mol. The van der Waals surface area contributed by atoms with E-state index in [1.807, 2.05) is 12.1 Å². The van der Waals surface area contributed by atoms with E-state index >= 15 is 0 Å². The molecule has 4 heteroatoms. The number of nitrogens with two attached hydrogens (primary N) is 1. The van der Waals surface area contributed by atoms with E-state index in [4.69, 9.17) is 27.5 Å². The first-order chi connectivity index (χ1) is 10.0. The summed E-state index contributed by atoms with van der Waals surface area (Å²) < 4.78 is 5.81. The Morgan fingerprint density at radius 2 is 1.90 bits per heavy atom. The van der Waals surface area contributed by atoms with Gasteiger partial charge in [0, 0.05) is 5.02 Å². The van der Waals surface area contributed by atoms with Crippen molar-refractivity contribution in [3.8, 4) is 11.5 Å². The lowest BCUT2D eigenvalue weighted by Gasteiger charge is -2.13. The van der Waals surface area contributed by atoms with E-state index in [2.05, 4.69) is 26.0 Å². The van der Waals surface area contributed by atoms with Crippen LogP contribution in [-0.2, 0) is 0 Å². The Kier molecular flexibility index (Phi) is 4.86. The van der Waals surface area contributed by atoms with E-state index in [1.165, 1.54) is 5.56 Å². The predicted octanol–water partition coefficient (Wildman–Crippen LogP) is 4.93. The summed E-state index contributed by atoms with van der Waals surface area (Å²) in [5.41, 5.74) is 7.34. The first-order valence-corrected chi connectivity index (χ1v) is 7.30. The van der Waals surface area contributed by atoms with Crippen LogP contribution in [0.15, 0.2) is 42.5 Å². The molecule has 110 valence electrons. The van der Waals surface area contributed by atoms with Crippen molar-refractivity contribution in [1.82, 2.24) is 0 Å². The third-order valence-corrected chi connectivity index (χ3v) is 3.76. The lowest BCUT2D eigenvalue weighted by molar-refractivity contribution is 0.481. The molecule has 0 spiro atoms. The Bertz CT molecular complexity index is 638. The minimum atomic E-state index is -0.0660. The van der Waals surface area contributed by atoms with Gasteiger partial charge in [-0.2, -0.15) is 0 Å². The maximum atomic E-state index is 7.59. The molecule has 1 atom stereocenters. The van der Waals surface area contributed by atoms with Gasteiger partial charge in [0.05, 0.1) is 5.56 Å². The second-order valence-electron chi connectivity index (χ2n) is 5.03. The summed E-state index contributed by atoms with van der Waals surface area (Å²) in [6.07, 6.45) is 1.10. The topological polar surface area (TPSA) is 59.1 Å². The molecule has 0 aliphatic carbocycles. The van der Waals surface area contributed by atoms with Gasteiger partial charge < -0.3 is 10.5 Å². The molecule has 0 fully saturated rings. The van der Waals surface area contributed by atoms with E-state index in [9.17, 15) is 0 Å². The molecular weight excluding hydrogens is 284 g/mol. The van der Waals surface area contributed by atoms with Crippen LogP contribution in [0.1, 0.15) is 37.3 Å². The van der Waals surface area contributed by atoms with Crippen LogP contribution in [-0.4, -0.2) is 5.84 Å². The molecule has 2 rings (SSSR count). The summed E-state index contributed by atoms with van der Waals surface area (Å²) in [4.78, 5) is 0. The fourth-order valence-electron chi connectivity index (χ4n) is 2.03. The van der Waals surface area contributed by atoms with Crippen molar-refractivity contribution in [2.75, 3.05) is 0 Å². The number of nitrogens with one attached hydrogen (secondary N) is 1. The zero-order chi connectivity index (χ0) is 15.4. The van der Waals surface area contributed by atoms with Gasteiger partial charge in [-0.1, -0.05) is 37.6 Å². The van der Waals surface area contributed by atoms with Gasteiger partial charge in [-0.3, -0.25) is 5.41 Å². The number of ether oxygens (including phenoxy) is 1. The van der Waals surface area contributed by atoms with Crippen molar-refractivity contribution in [2.24, 2.45) is 5.73 Å². The number of rotatable bonds is 5. The largest absolute Gasteiger partial charge is 0.457 e. The minimum absolute atomic E-state index is 0.0660. The van der Waals surface area contributed by atoms with Gasteiger partial charge in [-0.05, 0) is 48.2 Å². The first kappa shape index (κ1) is 15.4. The Morgan fingerprint density at radius 1 is 1.24 bits per heavy atom. The van der Waals surface area contributed by atoms with Crippen molar-refractivity contribution < 1.29 is 4.74 Å². The summed E-state index contributed by atoms with van der Waals surface area (Å²) >= 11 is 5.93. The molecule has 0 saturated heterocycles. The molecule has 0 saturated carbocycles. The zero-order valence-electron chi connectivity index (χ0n) is 12.2. The highest BCUT2D eigenvalue weighted by molar-refractivity contribution is 6.31. The second kappa shape index (κ2) is 6.64. The highest BCUT2D eigenvalue weighted by atomic mass is 35.5. The molecule has 2 aromatic carbocycles. The van der Waals surface area contributed by atoms with Crippen LogP contribution in [0.5, 0.6) is 11.5 Å². The van der Waals surface area contributed by atoms with Crippen molar-refractivity contribution >= 4 is 17.4 Å². The lowest BCUT2D eigenvalue weighted by atomic mass is 9.99. The van der Waals surface area contributed by atoms with Crippen molar-refractivity contribution in [3.63, 3.8) is 0 Å². The monoisotopic (exact) mass is 302 g/mol. The Morgan fingerprint density at radius 3 is 2.48 bits per heavy atom. The highest BCUT2D eigenvalue weighted by Crippen LogP contribution is 2.29. The summed E-state index contributed by atoms with van der Waals surface area (Å²) in [6.45, 7) is 4.37. The number of amidine groups is 1. The smallest absolute Gasteiger partial charge is 0.138 e. The molecule has 3 nitrogen and oxygen atoms in total. The van der Waals surface area contributed by atoms with Gasteiger partial charge in [0.2, 0.25) is 0 Å². The van der Waals surface area contributed by atoms with E-state index in [0.29, 0.717) is 28.0 Å². The Hall–Kier alpha value is -2.00. The molecule has 0 aliphatic heterocycles. The standard InChI is InChI=1S/C17H19ClN2O/c1-3-11(2)12-4-7-14(8-5-12)21-16-9-6-13(18)10-15(16)17(19)20/h4-11H,3H2,1-2H3,(H3,19,20). The third-order valence-electron chi connectivity index (χ3n) is 3.52. The minimum Gasteiger partial charge on any atom is -0.457 e. The van der Waals surface area contributed by atoms with E-state index in [1.54, 1.807) is 18.2 Å². The quantitative estimate of drug-likeness (QED) is 0.607. The molecule has 21 heavy (non-hydrogen) atoms. The molecule has 0 heterocycles. The summed E-state index contributed by atoms with van der Waals surface area (Å²) in [5, 5.41) is 8.12. The molecule has 0 aliphatic rings. The van der Waals surface area contributed by atoms with Gasteiger partial charge in [-0.15, -0.1) is 0 Å². The molecule has 0 amide bonds. The molecule has 3 N–H and O–H groups in total. The molecular formula is C17H19ClN2O. The fourth-order valence-corrected chi connectivity index (χ4v) is 2.20.